The molecule has 0 radical (unpaired) electrons. The molecule has 0 spiro atoms. The van der Waals surface area contributed by atoms with Gasteiger partial charge in [-0.1, -0.05) is 32.9 Å². The first-order valence-electron chi connectivity index (χ1n) is 7.43. The van der Waals surface area contributed by atoms with Crippen molar-refractivity contribution in [3.05, 3.63) is 52.2 Å². The Morgan fingerprint density at radius 1 is 1.25 bits per heavy atom. The standard InChI is InChI=1S/C16H18N6O2/c1-16(2,3)13-14(23)22(15-19-17-10-21(15)20-13)18-9-11-7-5-6-8-12(11)24-4/h5-10H,1-4H3/b18-9+. The highest BCUT2D eigenvalue weighted by atomic mass is 16.5. The van der Waals surface area contributed by atoms with Crippen molar-refractivity contribution in [3.8, 4) is 5.75 Å². The Labute approximate surface area is 138 Å². The number of ether oxygens (including phenoxy) is 1. The molecule has 1 aromatic carbocycles. The summed E-state index contributed by atoms with van der Waals surface area (Å²) in [6, 6.07) is 7.40. The summed E-state index contributed by atoms with van der Waals surface area (Å²) in [5.74, 6) is 0.913. The highest BCUT2D eigenvalue weighted by molar-refractivity contribution is 5.83. The molecular formula is C16H18N6O2. The Morgan fingerprint density at radius 3 is 2.71 bits per heavy atom. The van der Waals surface area contributed by atoms with Gasteiger partial charge in [0.1, 0.15) is 17.8 Å². The number of hydrogen-bond donors (Lipinski definition) is 0. The largest absolute Gasteiger partial charge is 0.496 e. The Balaban J connectivity index is 2.19. The van der Waals surface area contributed by atoms with Crippen molar-refractivity contribution in [2.45, 2.75) is 26.2 Å². The van der Waals surface area contributed by atoms with Gasteiger partial charge in [-0.25, -0.2) is 0 Å². The zero-order valence-electron chi connectivity index (χ0n) is 14.0. The second-order valence-corrected chi connectivity index (χ2v) is 6.28. The number of para-hydroxylation sites is 1. The molecule has 24 heavy (non-hydrogen) atoms. The number of fused-ring (bicyclic) bond motifs is 1. The van der Waals surface area contributed by atoms with Crippen LogP contribution in [0, 0.1) is 0 Å². The monoisotopic (exact) mass is 326 g/mol. The lowest BCUT2D eigenvalue weighted by Gasteiger charge is -2.16. The van der Waals surface area contributed by atoms with E-state index in [2.05, 4.69) is 20.4 Å². The Morgan fingerprint density at radius 2 is 2.00 bits per heavy atom. The molecule has 0 aliphatic rings. The van der Waals surface area contributed by atoms with Crippen LogP contribution in [0.25, 0.3) is 5.78 Å². The van der Waals surface area contributed by atoms with E-state index in [-0.39, 0.29) is 11.3 Å². The van der Waals surface area contributed by atoms with Crippen LogP contribution in [0.15, 0.2) is 40.5 Å². The molecule has 0 aliphatic carbocycles. The zero-order chi connectivity index (χ0) is 17.3. The van der Waals surface area contributed by atoms with Crippen LogP contribution in [0.2, 0.25) is 0 Å². The Bertz CT molecular complexity index is 965. The molecule has 0 fully saturated rings. The molecule has 2 aromatic heterocycles. The van der Waals surface area contributed by atoms with Crippen LogP contribution >= 0.6 is 0 Å². The van der Waals surface area contributed by atoms with Gasteiger partial charge in [0.05, 0.1) is 13.3 Å². The van der Waals surface area contributed by atoms with Crippen LogP contribution < -0.4 is 10.3 Å². The number of methoxy groups -OCH3 is 1. The van der Waals surface area contributed by atoms with E-state index in [0.717, 1.165) is 5.56 Å². The second-order valence-electron chi connectivity index (χ2n) is 6.28. The molecule has 0 unspecified atom stereocenters. The molecule has 8 nitrogen and oxygen atoms in total. The van der Waals surface area contributed by atoms with E-state index in [0.29, 0.717) is 11.4 Å². The average Bonchev–Trinajstić information content (AvgIpc) is 3.01. The van der Waals surface area contributed by atoms with E-state index in [1.54, 1.807) is 13.3 Å². The smallest absolute Gasteiger partial charge is 0.298 e. The summed E-state index contributed by atoms with van der Waals surface area (Å²) in [6.07, 6.45) is 3.00. The number of rotatable bonds is 3. The van der Waals surface area contributed by atoms with Crippen LogP contribution in [-0.2, 0) is 5.41 Å². The first-order chi connectivity index (χ1) is 11.4. The van der Waals surface area contributed by atoms with Gasteiger partial charge in [0, 0.05) is 11.0 Å². The summed E-state index contributed by atoms with van der Waals surface area (Å²) in [7, 11) is 1.58. The normalized spacial score (nSPS) is 12.2. The summed E-state index contributed by atoms with van der Waals surface area (Å²) in [6.45, 7) is 5.75. The quantitative estimate of drug-likeness (QED) is 0.680. The first kappa shape index (κ1) is 15.9. The molecule has 0 saturated heterocycles. The van der Waals surface area contributed by atoms with E-state index in [1.165, 1.54) is 15.5 Å². The minimum atomic E-state index is -0.433. The molecule has 0 atom stereocenters. The maximum absolute atomic E-state index is 12.8. The fourth-order valence-electron chi connectivity index (χ4n) is 2.24. The lowest BCUT2D eigenvalue weighted by atomic mass is 9.93. The van der Waals surface area contributed by atoms with Crippen LogP contribution in [0.3, 0.4) is 0 Å². The van der Waals surface area contributed by atoms with Crippen LogP contribution in [0.1, 0.15) is 32.0 Å². The van der Waals surface area contributed by atoms with E-state index in [1.807, 2.05) is 45.0 Å². The van der Waals surface area contributed by atoms with Crippen molar-refractivity contribution in [1.29, 1.82) is 0 Å². The molecule has 0 aliphatic heterocycles. The fourth-order valence-corrected chi connectivity index (χ4v) is 2.24. The third-order valence-electron chi connectivity index (χ3n) is 3.47. The predicted octanol–water partition coefficient (Wildman–Crippen LogP) is 1.47. The molecule has 0 saturated carbocycles. The van der Waals surface area contributed by atoms with Crippen molar-refractivity contribution in [1.82, 2.24) is 24.5 Å². The molecule has 0 amide bonds. The van der Waals surface area contributed by atoms with Gasteiger partial charge < -0.3 is 4.74 Å². The number of aromatic nitrogens is 5. The van der Waals surface area contributed by atoms with Crippen molar-refractivity contribution in [2.24, 2.45) is 5.10 Å². The van der Waals surface area contributed by atoms with E-state index < -0.39 is 5.41 Å². The number of nitrogens with zero attached hydrogens (tertiary/aromatic N) is 6. The van der Waals surface area contributed by atoms with Gasteiger partial charge in [-0.05, 0) is 12.1 Å². The summed E-state index contributed by atoms with van der Waals surface area (Å²) < 4.78 is 7.94. The molecule has 3 rings (SSSR count). The van der Waals surface area contributed by atoms with Gasteiger partial charge in [-0.2, -0.15) is 19.4 Å². The van der Waals surface area contributed by atoms with Gasteiger partial charge >= 0.3 is 0 Å². The average molecular weight is 326 g/mol. The minimum absolute atomic E-state index is 0.249. The van der Waals surface area contributed by atoms with Gasteiger partial charge in [0.15, 0.2) is 0 Å². The topological polar surface area (TPSA) is 86.7 Å². The molecule has 0 bridgehead atoms. The third-order valence-corrected chi connectivity index (χ3v) is 3.47. The minimum Gasteiger partial charge on any atom is -0.496 e. The van der Waals surface area contributed by atoms with Gasteiger partial charge in [-0.3, -0.25) is 4.79 Å². The summed E-state index contributed by atoms with van der Waals surface area (Å²) in [5, 5.41) is 16.3. The van der Waals surface area contributed by atoms with Crippen LogP contribution in [0.4, 0.5) is 0 Å². The van der Waals surface area contributed by atoms with Crippen molar-refractivity contribution in [3.63, 3.8) is 0 Å². The van der Waals surface area contributed by atoms with Gasteiger partial charge in [-0.15, -0.1) is 10.2 Å². The SMILES string of the molecule is COc1ccccc1/C=N/n1c(=O)c(C(C)(C)C)nn2cnnc12. The second kappa shape index (κ2) is 5.88. The lowest BCUT2D eigenvalue weighted by Crippen LogP contribution is -2.33. The maximum Gasteiger partial charge on any atom is 0.298 e. The molecular weight excluding hydrogens is 308 g/mol. The fraction of sp³-hybridized carbons (Fsp3) is 0.312. The van der Waals surface area contributed by atoms with Crippen molar-refractivity contribution >= 4 is 12.0 Å². The Kier molecular flexibility index (Phi) is 3.88. The molecule has 0 N–H and O–H groups in total. The molecule has 124 valence electrons. The van der Waals surface area contributed by atoms with Crippen LogP contribution in [0.5, 0.6) is 5.75 Å². The number of hydrogen-bond acceptors (Lipinski definition) is 6. The Hall–Kier alpha value is -3.03. The molecule has 8 heteroatoms. The highest BCUT2D eigenvalue weighted by Crippen LogP contribution is 2.17. The maximum atomic E-state index is 12.8. The molecule has 3 aromatic rings. The zero-order valence-corrected chi connectivity index (χ0v) is 14.0. The summed E-state index contributed by atoms with van der Waals surface area (Å²) in [5.41, 5.74) is 0.372. The van der Waals surface area contributed by atoms with E-state index in [4.69, 9.17) is 4.74 Å². The lowest BCUT2D eigenvalue weighted by molar-refractivity contribution is 0.414. The summed E-state index contributed by atoms with van der Waals surface area (Å²) >= 11 is 0. The number of benzene rings is 1. The van der Waals surface area contributed by atoms with Gasteiger partial charge in [0.25, 0.3) is 11.3 Å². The van der Waals surface area contributed by atoms with Crippen molar-refractivity contribution in [2.75, 3.05) is 7.11 Å². The predicted molar refractivity (Wildman–Crippen MR) is 89.7 cm³/mol. The van der Waals surface area contributed by atoms with E-state index >= 15 is 0 Å². The molecule has 2 heterocycles. The summed E-state index contributed by atoms with van der Waals surface area (Å²) in [4.78, 5) is 12.8. The van der Waals surface area contributed by atoms with Gasteiger partial charge in [0.2, 0.25) is 0 Å². The van der Waals surface area contributed by atoms with Crippen molar-refractivity contribution < 1.29 is 4.74 Å². The first-order valence-corrected chi connectivity index (χ1v) is 7.43. The van der Waals surface area contributed by atoms with Crippen LogP contribution in [-0.4, -0.2) is 37.8 Å². The highest BCUT2D eigenvalue weighted by Gasteiger charge is 2.23. The van der Waals surface area contributed by atoms with E-state index in [9.17, 15) is 4.79 Å². The third kappa shape index (κ3) is 2.78.